The van der Waals surface area contributed by atoms with Crippen LogP contribution in [-0.4, -0.2) is 29.9 Å². The van der Waals surface area contributed by atoms with Gasteiger partial charge in [-0.1, -0.05) is 36.4 Å². The zero-order valence-electron chi connectivity index (χ0n) is 14.8. The van der Waals surface area contributed by atoms with Gasteiger partial charge in [0.05, 0.1) is 32.4 Å². The van der Waals surface area contributed by atoms with Crippen molar-refractivity contribution in [1.82, 2.24) is 15.1 Å². The van der Waals surface area contributed by atoms with E-state index < -0.39 is 0 Å². The third kappa shape index (κ3) is 3.85. The first-order valence-corrected chi connectivity index (χ1v) is 8.27. The molecule has 1 heterocycles. The van der Waals surface area contributed by atoms with Gasteiger partial charge in [0.1, 0.15) is 0 Å². The molecule has 0 spiro atoms. The van der Waals surface area contributed by atoms with Gasteiger partial charge in [-0.2, -0.15) is 5.10 Å². The van der Waals surface area contributed by atoms with Crippen molar-refractivity contribution >= 4 is 5.91 Å². The van der Waals surface area contributed by atoms with E-state index in [-0.39, 0.29) is 11.9 Å². The Labute approximate surface area is 152 Å². The molecule has 3 aromatic rings. The Morgan fingerprint density at radius 3 is 2.54 bits per heavy atom. The summed E-state index contributed by atoms with van der Waals surface area (Å²) in [6.45, 7) is 0.523. The summed E-state index contributed by atoms with van der Waals surface area (Å²) < 4.78 is 12.5. The highest BCUT2D eigenvalue weighted by Crippen LogP contribution is 2.31. The van der Waals surface area contributed by atoms with Gasteiger partial charge in [0, 0.05) is 12.4 Å². The number of rotatable bonds is 7. The van der Waals surface area contributed by atoms with Crippen LogP contribution in [0, 0.1) is 0 Å². The Kier molecular flexibility index (Phi) is 5.53. The normalized spacial score (nSPS) is 11.6. The second-order valence-electron chi connectivity index (χ2n) is 5.71. The molecule has 6 heteroatoms. The van der Waals surface area contributed by atoms with Crippen molar-refractivity contribution in [2.75, 3.05) is 14.2 Å². The number of amides is 1. The van der Waals surface area contributed by atoms with Crippen LogP contribution in [0.15, 0.2) is 67.0 Å². The van der Waals surface area contributed by atoms with Crippen LogP contribution in [0.3, 0.4) is 0 Å². The minimum Gasteiger partial charge on any atom is -0.493 e. The summed E-state index contributed by atoms with van der Waals surface area (Å²) in [4.78, 5) is 12.9. The minimum absolute atomic E-state index is 0.234. The van der Waals surface area contributed by atoms with Gasteiger partial charge in [0.25, 0.3) is 5.91 Å². The largest absolute Gasteiger partial charge is 0.493 e. The van der Waals surface area contributed by atoms with Gasteiger partial charge in [-0.05, 0) is 23.8 Å². The molecule has 0 bridgehead atoms. The standard InChI is InChI=1S/C20H21N3O3/c1-25-18-11-6-10-16(19(18)26-2)20(24)22-17(14-23-13-7-12-21-23)15-8-4-3-5-9-15/h3-13,17H,14H2,1-2H3,(H,22,24)/t17-/m0/s1. The van der Waals surface area contributed by atoms with Crippen molar-refractivity contribution in [1.29, 1.82) is 0 Å². The Balaban J connectivity index is 1.88. The molecule has 1 aromatic heterocycles. The van der Waals surface area contributed by atoms with E-state index in [4.69, 9.17) is 9.47 Å². The van der Waals surface area contributed by atoms with E-state index in [2.05, 4.69) is 10.4 Å². The lowest BCUT2D eigenvalue weighted by Crippen LogP contribution is -2.32. The molecule has 26 heavy (non-hydrogen) atoms. The van der Waals surface area contributed by atoms with E-state index in [1.54, 1.807) is 36.2 Å². The molecule has 0 saturated heterocycles. The minimum atomic E-state index is -0.237. The van der Waals surface area contributed by atoms with Gasteiger partial charge in [-0.3, -0.25) is 9.48 Å². The molecule has 0 aliphatic heterocycles. The number of benzene rings is 2. The Morgan fingerprint density at radius 2 is 1.88 bits per heavy atom. The summed E-state index contributed by atoms with van der Waals surface area (Å²) in [5.74, 6) is 0.698. The molecular weight excluding hydrogens is 330 g/mol. The topological polar surface area (TPSA) is 65.4 Å². The molecule has 134 valence electrons. The molecule has 0 aliphatic rings. The second kappa shape index (κ2) is 8.20. The quantitative estimate of drug-likeness (QED) is 0.710. The van der Waals surface area contributed by atoms with Crippen molar-refractivity contribution in [3.63, 3.8) is 0 Å². The zero-order chi connectivity index (χ0) is 18.4. The molecule has 0 radical (unpaired) electrons. The van der Waals surface area contributed by atoms with Crippen LogP contribution in [0.2, 0.25) is 0 Å². The Hall–Kier alpha value is -3.28. The molecule has 1 amide bonds. The third-order valence-corrected chi connectivity index (χ3v) is 4.08. The number of para-hydroxylation sites is 1. The number of hydrogen-bond acceptors (Lipinski definition) is 4. The van der Waals surface area contributed by atoms with Crippen molar-refractivity contribution in [2.24, 2.45) is 0 Å². The summed E-state index contributed by atoms with van der Waals surface area (Å²) in [5.41, 5.74) is 1.42. The van der Waals surface area contributed by atoms with Crippen LogP contribution >= 0.6 is 0 Å². The molecule has 6 nitrogen and oxygen atoms in total. The molecule has 0 unspecified atom stereocenters. The maximum atomic E-state index is 12.9. The van der Waals surface area contributed by atoms with E-state index in [0.717, 1.165) is 5.56 Å². The fourth-order valence-electron chi connectivity index (χ4n) is 2.82. The predicted octanol–water partition coefficient (Wildman–Crippen LogP) is 3.07. The Morgan fingerprint density at radius 1 is 1.08 bits per heavy atom. The molecule has 0 saturated carbocycles. The average molecular weight is 351 g/mol. The van der Waals surface area contributed by atoms with Gasteiger partial charge < -0.3 is 14.8 Å². The van der Waals surface area contributed by atoms with Gasteiger partial charge >= 0.3 is 0 Å². The van der Waals surface area contributed by atoms with Crippen molar-refractivity contribution in [3.8, 4) is 11.5 Å². The summed E-state index contributed by atoms with van der Waals surface area (Å²) in [7, 11) is 3.07. The SMILES string of the molecule is COc1cccc(C(=O)N[C@@H](Cn2cccn2)c2ccccc2)c1OC. The molecule has 1 N–H and O–H groups in total. The van der Waals surface area contributed by atoms with E-state index in [0.29, 0.717) is 23.6 Å². The first-order chi connectivity index (χ1) is 12.7. The maximum absolute atomic E-state index is 12.9. The lowest BCUT2D eigenvalue weighted by atomic mass is 10.1. The van der Waals surface area contributed by atoms with Gasteiger partial charge in [0.2, 0.25) is 0 Å². The highest BCUT2D eigenvalue weighted by atomic mass is 16.5. The van der Waals surface area contributed by atoms with Crippen LogP contribution in [0.1, 0.15) is 22.0 Å². The zero-order valence-corrected chi connectivity index (χ0v) is 14.8. The second-order valence-corrected chi connectivity index (χ2v) is 5.71. The van der Waals surface area contributed by atoms with E-state index in [1.807, 2.05) is 42.6 Å². The highest BCUT2D eigenvalue weighted by Gasteiger charge is 2.21. The van der Waals surface area contributed by atoms with Gasteiger partial charge in [0.15, 0.2) is 11.5 Å². The fraction of sp³-hybridized carbons (Fsp3) is 0.200. The van der Waals surface area contributed by atoms with Crippen LogP contribution in [0.25, 0.3) is 0 Å². The van der Waals surface area contributed by atoms with Crippen LogP contribution in [0.5, 0.6) is 11.5 Å². The van der Waals surface area contributed by atoms with Crippen molar-refractivity contribution in [2.45, 2.75) is 12.6 Å². The average Bonchev–Trinajstić information content (AvgIpc) is 3.20. The molecule has 2 aromatic carbocycles. The summed E-state index contributed by atoms with van der Waals surface area (Å²) >= 11 is 0. The third-order valence-electron chi connectivity index (χ3n) is 4.08. The van der Waals surface area contributed by atoms with Gasteiger partial charge in [-0.25, -0.2) is 0 Å². The molecule has 1 atom stereocenters. The first-order valence-electron chi connectivity index (χ1n) is 8.27. The number of ether oxygens (including phenoxy) is 2. The number of methoxy groups -OCH3 is 2. The number of aromatic nitrogens is 2. The lowest BCUT2D eigenvalue weighted by molar-refractivity contribution is 0.0928. The monoisotopic (exact) mass is 351 g/mol. The number of hydrogen-bond donors (Lipinski definition) is 1. The Bertz CT molecular complexity index is 848. The number of nitrogens with one attached hydrogen (secondary N) is 1. The predicted molar refractivity (Wildman–Crippen MR) is 98.4 cm³/mol. The van der Waals surface area contributed by atoms with E-state index in [9.17, 15) is 4.79 Å². The molecule has 0 aliphatic carbocycles. The summed E-state index contributed by atoms with van der Waals surface area (Å²) in [6.07, 6.45) is 3.59. The number of nitrogens with zero attached hydrogens (tertiary/aromatic N) is 2. The van der Waals surface area contributed by atoms with E-state index in [1.165, 1.54) is 7.11 Å². The molecule has 0 fully saturated rings. The maximum Gasteiger partial charge on any atom is 0.255 e. The molecular formula is C20H21N3O3. The fourth-order valence-corrected chi connectivity index (χ4v) is 2.82. The van der Waals surface area contributed by atoms with Crippen molar-refractivity contribution < 1.29 is 14.3 Å². The van der Waals surface area contributed by atoms with Gasteiger partial charge in [-0.15, -0.1) is 0 Å². The number of carbonyl (C=O) groups is 1. The van der Waals surface area contributed by atoms with Crippen LogP contribution in [-0.2, 0) is 6.54 Å². The molecule has 3 rings (SSSR count). The van der Waals surface area contributed by atoms with Crippen molar-refractivity contribution in [3.05, 3.63) is 78.1 Å². The summed E-state index contributed by atoms with van der Waals surface area (Å²) in [6, 6.07) is 16.7. The van der Waals surface area contributed by atoms with Crippen LogP contribution < -0.4 is 14.8 Å². The highest BCUT2D eigenvalue weighted by molar-refractivity contribution is 5.98. The van der Waals surface area contributed by atoms with Crippen LogP contribution in [0.4, 0.5) is 0 Å². The summed E-state index contributed by atoms with van der Waals surface area (Å²) in [5, 5.41) is 7.32. The lowest BCUT2D eigenvalue weighted by Gasteiger charge is -2.20. The van der Waals surface area contributed by atoms with E-state index >= 15 is 0 Å². The smallest absolute Gasteiger partial charge is 0.255 e. The first kappa shape index (κ1) is 17.5. The number of carbonyl (C=O) groups excluding carboxylic acids is 1.